The van der Waals surface area contributed by atoms with Gasteiger partial charge >= 0.3 is 5.97 Å². The summed E-state index contributed by atoms with van der Waals surface area (Å²) >= 11 is 0. The van der Waals surface area contributed by atoms with Crippen molar-refractivity contribution in [3.8, 4) is 0 Å². The van der Waals surface area contributed by atoms with Crippen LogP contribution in [0.2, 0.25) is 0 Å². The lowest BCUT2D eigenvalue weighted by atomic mass is 9.87. The third-order valence-electron chi connectivity index (χ3n) is 4.35. The number of nitrogens with zero attached hydrogens (tertiary/aromatic N) is 1. The average molecular weight is 272 g/mol. The summed E-state index contributed by atoms with van der Waals surface area (Å²) in [5.74, 6) is -0.143. The Kier molecular flexibility index (Phi) is 3.57. The number of carbonyl (C=O) groups is 1. The molecule has 1 N–H and O–H groups in total. The number of aliphatic imine (C=N–C) groups is 1. The van der Waals surface area contributed by atoms with Gasteiger partial charge in [0.05, 0.1) is 0 Å². The van der Waals surface area contributed by atoms with E-state index in [9.17, 15) is 4.79 Å². The molecule has 1 spiro atoms. The van der Waals surface area contributed by atoms with Gasteiger partial charge in [-0.1, -0.05) is 30.3 Å². The van der Waals surface area contributed by atoms with Crippen LogP contribution < -0.4 is 5.32 Å². The summed E-state index contributed by atoms with van der Waals surface area (Å²) < 4.78 is 5.42. The standard InChI is InChI=1S/C16H20N2O2/c1-17-14-10-18-13(9-16(14)7-8-16)15(19)20-11-12-5-3-2-4-6-12/h2-6,13,18H,7-11H2,1H3/t13-/m0/s1. The fraction of sp³-hybridized carbons (Fsp3) is 0.500. The first-order valence-corrected chi connectivity index (χ1v) is 7.14. The minimum absolute atomic E-state index is 0.143. The van der Waals surface area contributed by atoms with Crippen LogP contribution in [0.3, 0.4) is 0 Å². The molecule has 0 unspecified atom stereocenters. The zero-order chi connectivity index (χ0) is 14.0. The number of carbonyl (C=O) groups excluding carboxylic acids is 1. The number of esters is 1. The number of benzene rings is 1. The van der Waals surface area contributed by atoms with E-state index in [1.165, 1.54) is 5.71 Å². The molecule has 0 amide bonds. The van der Waals surface area contributed by atoms with Gasteiger partial charge in [-0.05, 0) is 24.8 Å². The number of ether oxygens (including phenoxy) is 1. The first-order chi connectivity index (χ1) is 9.73. The second-order valence-electron chi connectivity index (χ2n) is 5.68. The van der Waals surface area contributed by atoms with Gasteiger partial charge in [-0.25, -0.2) is 0 Å². The van der Waals surface area contributed by atoms with Crippen LogP contribution in [0.15, 0.2) is 35.3 Å². The molecular formula is C16H20N2O2. The molecule has 1 aliphatic heterocycles. The Morgan fingerprint density at radius 3 is 2.80 bits per heavy atom. The van der Waals surface area contributed by atoms with E-state index in [2.05, 4.69) is 10.3 Å². The zero-order valence-electron chi connectivity index (χ0n) is 11.8. The molecule has 4 heteroatoms. The summed E-state index contributed by atoms with van der Waals surface area (Å²) in [5, 5.41) is 3.25. The Morgan fingerprint density at radius 1 is 1.40 bits per heavy atom. The summed E-state index contributed by atoms with van der Waals surface area (Å²) in [7, 11) is 1.84. The molecule has 4 nitrogen and oxygen atoms in total. The van der Waals surface area contributed by atoms with Gasteiger partial charge in [0.2, 0.25) is 0 Å². The molecular weight excluding hydrogens is 252 g/mol. The van der Waals surface area contributed by atoms with Gasteiger partial charge in [0.25, 0.3) is 0 Å². The molecule has 2 aliphatic rings. The fourth-order valence-electron chi connectivity index (χ4n) is 2.94. The quantitative estimate of drug-likeness (QED) is 0.856. The third-order valence-corrected chi connectivity index (χ3v) is 4.35. The third kappa shape index (κ3) is 2.61. The molecule has 20 heavy (non-hydrogen) atoms. The SMILES string of the molecule is CN=C1CN[C@H](C(=O)OCc2ccccc2)CC12CC2. The predicted molar refractivity (Wildman–Crippen MR) is 77.7 cm³/mol. The van der Waals surface area contributed by atoms with E-state index < -0.39 is 0 Å². The van der Waals surface area contributed by atoms with Crippen molar-refractivity contribution in [1.82, 2.24) is 5.32 Å². The second-order valence-corrected chi connectivity index (χ2v) is 5.68. The van der Waals surface area contributed by atoms with E-state index in [0.29, 0.717) is 13.2 Å². The van der Waals surface area contributed by atoms with Crippen LogP contribution in [-0.2, 0) is 16.1 Å². The van der Waals surface area contributed by atoms with Crippen molar-refractivity contribution in [2.45, 2.75) is 31.9 Å². The molecule has 106 valence electrons. The lowest BCUT2D eigenvalue weighted by Gasteiger charge is -2.30. The highest BCUT2D eigenvalue weighted by Crippen LogP contribution is 2.52. The molecule has 1 heterocycles. The van der Waals surface area contributed by atoms with Gasteiger partial charge in [-0.3, -0.25) is 15.1 Å². The lowest BCUT2D eigenvalue weighted by Crippen LogP contribution is -2.50. The van der Waals surface area contributed by atoms with E-state index in [-0.39, 0.29) is 17.4 Å². The van der Waals surface area contributed by atoms with E-state index >= 15 is 0 Å². The Morgan fingerprint density at radius 2 is 2.15 bits per heavy atom. The largest absolute Gasteiger partial charge is 0.460 e. The molecule has 0 aromatic heterocycles. The minimum atomic E-state index is -0.188. The van der Waals surface area contributed by atoms with Crippen molar-refractivity contribution in [3.63, 3.8) is 0 Å². The summed E-state index contributed by atoms with van der Waals surface area (Å²) in [6.45, 7) is 1.06. The minimum Gasteiger partial charge on any atom is -0.460 e. The van der Waals surface area contributed by atoms with Crippen molar-refractivity contribution >= 4 is 11.7 Å². The molecule has 0 radical (unpaired) electrons. The Hall–Kier alpha value is -1.68. The van der Waals surface area contributed by atoms with Gasteiger partial charge in [0, 0.05) is 24.7 Å². The molecule has 1 aromatic rings. The first-order valence-electron chi connectivity index (χ1n) is 7.14. The number of rotatable bonds is 3. The topological polar surface area (TPSA) is 50.7 Å². The molecule has 1 aromatic carbocycles. The summed E-state index contributed by atoms with van der Waals surface area (Å²) in [6, 6.07) is 9.59. The van der Waals surface area contributed by atoms with E-state index in [1.54, 1.807) is 0 Å². The summed E-state index contributed by atoms with van der Waals surface area (Å²) in [4.78, 5) is 16.5. The van der Waals surface area contributed by atoms with Crippen LogP contribution >= 0.6 is 0 Å². The summed E-state index contributed by atoms with van der Waals surface area (Å²) in [5.41, 5.74) is 2.43. The van der Waals surface area contributed by atoms with Crippen molar-refractivity contribution in [2.24, 2.45) is 10.4 Å². The van der Waals surface area contributed by atoms with Gasteiger partial charge in [-0.2, -0.15) is 0 Å². The maximum Gasteiger partial charge on any atom is 0.323 e. The molecule has 1 saturated heterocycles. The summed E-state index contributed by atoms with van der Waals surface area (Å²) in [6.07, 6.45) is 3.14. The van der Waals surface area contributed by atoms with Crippen molar-refractivity contribution in [3.05, 3.63) is 35.9 Å². The van der Waals surface area contributed by atoms with E-state index in [0.717, 1.165) is 24.8 Å². The zero-order valence-corrected chi connectivity index (χ0v) is 11.8. The fourth-order valence-corrected chi connectivity index (χ4v) is 2.94. The number of hydrogen-bond donors (Lipinski definition) is 1. The maximum absolute atomic E-state index is 12.2. The van der Waals surface area contributed by atoms with Crippen molar-refractivity contribution in [1.29, 1.82) is 0 Å². The monoisotopic (exact) mass is 272 g/mol. The van der Waals surface area contributed by atoms with Crippen LogP contribution in [0.5, 0.6) is 0 Å². The van der Waals surface area contributed by atoms with Gasteiger partial charge in [-0.15, -0.1) is 0 Å². The van der Waals surface area contributed by atoms with Gasteiger partial charge in [0.1, 0.15) is 12.6 Å². The first kappa shape index (κ1) is 13.3. The normalized spacial score (nSPS) is 25.6. The number of nitrogens with one attached hydrogen (secondary N) is 1. The van der Waals surface area contributed by atoms with Crippen LogP contribution in [0.1, 0.15) is 24.8 Å². The van der Waals surface area contributed by atoms with E-state index in [1.807, 2.05) is 37.4 Å². The Labute approximate surface area is 119 Å². The Bertz CT molecular complexity index is 521. The van der Waals surface area contributed by atoms with Crippen LogP contribution in [-0.4, -0.2) is 31.3 Å². The highest BCUT2D eigenvalue weighted by atomic mass is 16.5. The number of hydrogen-bond acceptors (Lipinski definition) is 4. The maximum atomic E-state index is 12.2. The Balaban J connectivity index is 1.56. The van der Waals surface area contributed by atoms with Crippen LogP contribution in [0.4, 0.5) is 0 Å². The molecule has 1 saturated carbocycles. The molecule has 1 atom stereocenters. The molecule has 0 bridgehead atoms. The van der Waals surface area contributed by atoms with Crippen LogP contribution in [0, 0.1) is 5.41 Å². The second kappa shape index (κ2) is 5.37. The average Bonchev–Trinajstić information content (AvgIpc) is 3.25. The van der Waals surface area contributed by atoms with Gasteiger partial charge in [0.15, 0.2) is 0 Å². The van der Waals surface area contributed by atoms with Crippen molar-refractivity contribution in [2.75, 3.05) is 13.6 Å². The van der Waals surface area contributed by atoms with Crippen LogP contribution in [0.25, 0.3) is 0 Å². The van der Waals surface area contributed by atoms with Gasteiger partial charge < -0.3 is 4.74 Å². The predicted octanol–water partition coefficient (Wildman–Crippen LogP) is 1.94. The smallest absolute Gasteiger partial charge is 0.323 e. The lowest BCUT2D eigenvalue weighted by molar-refractivity contribution is -0.148. The van der Waals surface area contributed by atoms with Crippen molar-refractivity contribution < 1.29 is 9.53 Å². The van der Waals surface area contributed by atoms with E-state index in [4.69, 9.17) is 4.74 Å². The molecule has 1 aliphatic carbocycles. The highest BCUT2D eigenvalue weighted by molar-refractivity contribution is 5.96. The number of piperidine rings is 1. The highest BCUT2D eigenvalue weighted by Gasteiger charge is 2.51. The molecule has 3 rings (SSSR count). The molecule has 2 fully saturated rings.